The Morgan fingerprint density at radius 2 is 1.12 bits per heavy atom. The van der Waals surface area contributed by atoms with Crippen LogP contribution in [0.1, 0.15) is 26.7 Å². The van der Waals surface area contributed by atoms with Crippen molar-refractivity contribution >= 4 is 0 Å². The highest BCUT2D eigenvalue weighted by molar-refractivity contribution is 4.67. The molecule has 2 saturated heterocycles. The molecule has 0 bridgehead atoms. The van der Waals surface area contributed by atoms with E-state index in [1.54, 1.807) is 0 Å². The molecule has 0 aromatic rings. The van der Waals surface area contributed by atoms with Gasteiger partial charge in [-0.25, -0.2) is 0 Å². The molecule has 96 valence electrons. The van der Waals surface area contributed by atoms with Gasteiger partial charge >= 0.3 is 0 Å². The monoisotopic (exact) mass is 227 g/mol. The van der Waals surface area contributed by atoms with Crippen molar-refractivity contribution in [2.75, 3.05) is 59.4 Å². The van der Waals surface area contributed by atoms with Crippen molar-refractivity contribution in [2.45, 2.75) is 26.7 Å². The minimum absolute atomic E-state index is 1.22. The van der Waals surface area contributed by atoms with Gasteiger partial charge in [-0.3, -0.25) is 0 Å². The lowest BCUT2D eigenvalue weighted by Gasteiger charge is -2.31. The molecule has 3 nitrogen and oxygen atoms in total. The molecule has 2 aliphatic rings. The maximum atomic E-state index is 2.49. The predicted molar refractivity (Wildman–Crippen MR) is 71.0 cm³/mol. The second-order valence-corrected chi connectivity index (χ2v) is 4.88. The van der Waals surface area contributed by atoms with Crippen molar-refractivity contribution in [3.8, 4) is 0 Å². The van der Waals surface area contributed by atoms with Crippen molar-refractivity contribution in [3.05, 3.63) is 0 Å². The quantitative estimate of drug-likeness (QED) is 0.705. The fraction of sp³-hybridized carbons (Fsp3) is 1.00. The Morgan fingerprint density at radius 1 is 0.688 bits per heavy atom. The minimum Gasteiger partial charge on any atom is -0.304 e. The van der Waals surface area contributed by atoms with Gasteiger partial charge < -0.3 is 14.7 Å². The molecular formula is C13H29N3. The fourth-order valence-electron chi connectivity index (χ4n) is 2.26. The van der Waals surface area contributed by atoms with Gasteiger partial charge in [0.15, 0.2) is 0 Å². The van der Waals surface area contributed by atoms with Gasteiger partial charge in [-0.15, -0.1) is 0 Å². The highest BCUT2D eigenvalue weighted by atomic mass is 15.2. The number of nitrogens with zero attached hydrogens (tertiary/aromatic N) is 3. The first kappa shape index (κ1) is 13.9. The van der Waals surface area contributed by atoms with E-state index in [4.69, 9.17) is 0 Å². The molecule has 2 fully saturated rings. The lowest BCUT2D eigenvalue weighted by atomic mass is 10.3. The second kappa shape index (κ2) is 8.04. The Balaban J connectivity index is 0.000000165. The number of likely N-dealkylation sites (N-methyl/N-ethyl adjacent to an activating group) is 2. The highest BCUT2D eigenvalue weighted by Gasteiger charge is 2.10. The Bertz CT molecular complexity index is 159. The van der Waals surface area contributed by atoms with Gasteiger partial charge in [-0.2, -0.15) is 0 Å². The van der Waals surface area contributed by atoms with Crippen molar-refractivity contribution in [1.82, 2.24) is 14.7 Å². The van der Waals surface area contributed by atoms with E-state index in [1.165, 1.54) is 65.2 Å². The van der Waals surface area contributed by atoms with Crippen LogP contribution in [0.25, 0.3) is 0 Å². The molecule has 2 rings (SSSR count). The van der Waals surface area contributed by atoms with Crippen LogP contribution in [0.2, 0.25) is 0 Å². The Morgan fingerprint density at radius 3 is 1.50 bits per heavy atom. The Hall–Kier alpha value is -0.120. The summed E-state index contributed by atoms with van der Waals surface area (Å²) in [7, 11) is 2.19. The van der Waals surface area contributed by atoms with Gasteiger partial charge in [0.1, 0.15) is 0 Å². The van der Waals surface area contributed by atoms with Crippen LogP contribution in [0, 0.1) is 0 Å². The summed E-state index contributed by atoms with van der Waals surface area (Å²) in [6.45, 7) is 14.6. The van der Waals surface area contributed by atoms with E-state index in [2.05, 4.69) is 35.6 Å². The van der Waals surface area contributed by atoms with E-state index in [-0.39, 0.29) is 0 Å². The molecule has 0 saturated carbocycles. The van der Waals surface area contributed by atoms with Gasteiger partial charge in [-0.1, -0.05) is 13.8 Å². The zero-order chi connectivity index (χ0) is 11.8. The van der Waals surface area contributed by atoms with Crippen LogP contribution in [-0.2, 0) is 0 Å². The molecule has 0 amide bonds. The van der Waals surface area contributed by atoms with Gasteiger partial charge in [0.2, 0.25) is 0 Å². The molecule has 0 N–H and O–H groups in total. The second-order valence-electron chi connectivity index (χ2n) is 4.88. The van der Waals surface area contributed by atoms with Crippen molar-refractivity contribution in [1.29, 1.82) is 0 Å². The fourth-order valence-corrected chi connectivity index (χ4v) is 2.26. The Kier molecular flexibility index (Phi) is 7.01. The molecule has 0 atom stereocenters. The van der Waals surface area contributed by atoms with E-state index in [1.807, 2.05) is 0 Å². The molecule has 0 unspecified atom stereocenters. The van der Waals surface area contributed by atoms with Crippen molar-refractivity contribution in [3.63, 3.8) is 0 Å². The number of piperazine rings is 1. The molecule has 3 heteroatoms. The Labute approximate surface area is 101 Å². The van der Waals surface area contributed by atoms with E-state index < -0.39 is 0 Å². The van der Waals surface area contributed by atoms with E-state index in [0.717, 1.165) is 0 Å². The molecule has 0 aromatic heterocycles. The topological polar surface area (TPSA) is 9.72 Å². The smallest absolute Gasteiger partial charge is 0.0110 e. The molecule has 16 heavy (non-hydrogen) atoms. The van der Waals surface area contributed by atoms with Gasteiger partial charge in [0, 0.05) is 26.2 Å². The van der Waals surface area contributed by atoms with E-state index in [0.29, 0.717) is 0 Å². The molecule has 2 aliphatic heterocycles. The molecular weight excluding hydrogens is 198 g/mol. The summed E-state index contributed by atoms with van der Waals surface area (Å²) in [5, 5.41) is 0. The molecule has 0 spiro atoms. The summed E-state index contributed by atoms with van der Waals surface area (Å²) < 4.78 is 0. The third kappa shape index (κ3) is 5.28. The zero-order valence-corrected chi connectivity index (χ0v) is 11.4. The van der Waals surface area contributed by atoms with Crippen LogP contribution in [-0.4, -0.2) is 74.1 Å². The first-order chi connectivity index (χ1) is 7.76. The normalized spacial score (nSPS) is 24.2. The van der Waals surface area contributed by atoms with Crippen molar-refractivity contribution < 1.29 is 0 Å². The average Bonchev–Trinajstić information content (AvgIpc) is 2.84. The van der Waals surface area contributed by atoms with Gasteiger partial charge in [0.05, 0.1) is 0 Å². The van der Waals surface area contributed by atoms with Crippen LogP contribution in [0.4, 0.5) is 0 Å². The summed E-state index contributed by atoms with van der Waals surface area (Å²) in [4.78, 5) is 7.35. The predicted octanol–water partition coefficient (Wildman–Crippen LogP) is 1.36. The van der Waals surface area contributed by atoms with Gasteiger partial charge in [-0.05, 0) is 46.1 Å². The van der Waals surface area contributed by atoms with Crippen LogP contribution < -0.4 is 0 Å². The lowest BCUT2D eigenvalue weighted by molar-refractivity contribution is 0.160. The maximum Gasteiger partial charge on any atom is 0.0110 e. The molecule has 0 aromatic carbocycles. The van der Waals surface area contributed by atoms with Crippen molar-refractivity contribution in [2.24, 2.45) is 0 Å². The highest BCUT2D eigenvalue weighted by Crippen LogP contribution is 2.04. The van der Waals surface area contributed by atoms with Crippen LogP contribution in [0.5, 0.6) is 0 Å². The standard InChI is InChI=1S/C7H16N2.C6H13N/c1-3-9-6-4-8(2)5-7-9;1-2-7-5-3-4-6-7/h3-7H2,1-2H3;2-6H2,1H3. The van der Waals surface area contributed by atoms with Crippen LogP contribution >= 0.6 is 0 Å². The average molecular weight is 227 g/mol. The SMILES string of the molecule is CCN1CCCC1.CCN1CCN(C)CC1. The number of hydrogen-bond donors (Lipinski definition) is 0. The van der Waals surface area contributed by atoms with E-state index >= 15 is 0 Å². The van der Waals surface area contributed by atoms with Gasteiger partial charge in [0.25, 0.3) is 0 Å². The zero-order valence-electron chi connectivity index (χ0n) is 11.4. The minimum atomic E-state index is 1.22. The summed E-state index contributed by atoms with van der Waals surface area (Å²) in [6.07, 6.45) is 2.85. The third-order valence-electron chi connectivity index (χ3n) is 3.69. The number of hydrogen-bond acceptors (Lipinski definition) is 3. The summed E-state index contributed by atoms with van der Waals surface area (Å²) >= 11 is 0. The van der Waals surface area contributed by atoms with E-state index in [9.17, 15) is 0 Å². The third-order valence-corrected chi connectivity index (χ3v) is 3.69. The lowest BCUT2D eigenvalue weighted by Crippen LogP contribution is -2.44. The maximum absolute atomic E-state index is 2.49. The summed E-state index contributed by atoms with van der Waals surface area (Å²) in [5.74, 6) is 0. The molecule has 0 aliphatic carbocycles. The number of likely N-dealkylation sites (tertiary alicyclic amines) is 1. The van der Waals surface area contributed by atoms with Crippen LogP contribution in [0.15, 0.2) is 0 Å². The molecule has 0 radical (unpaired) electrons. The number of rotatable bonds is 2. The first-order valence-corrected chi connectivity index (χ1v) is 6.89. The largest absolute Gasteiger partial charge is 0.304 e. The summed E-state index contributed by atoms with van der Waals surface area (Å²) in [5.41, 5.74) is 0. The molecule has 2 heterocycles. The van der Waals surface area contributed by atoms with Crippen LogP contribution in [0.3, 0.4) is 0 Å². The first-order valence-electron chi connectivity index (χ1n) is 6.89. The summed E-state index contributed by atoms with van der Waals surface area (Å²) in [6, 6.07) is 0.